The Morgan fingerprint density at radius 2 is 1.53 bits per heavy atom. The molecule has 0 aliphatic heterocycles. The van der Waals surface area contributed by atoms with Crippen LogP contribution in [-0.2, 0) is 11.3 Å². The summed E-state index contributed by atoms with van der Waals surface area (Å²) in [6.07, 6.45) is 2.55. The second kappa shape index (κ2) is 10.0. The minimum atomic E-state index is -0.463. The fourth-order valence-electron chi connectivity index (χ4n) is 3.66. The van der Waals surface area contributed by atoms with Gasteiger partial charge in [-0.2, -0.15) is 0 Å². The predicted octanol–water partition coefficient (Wildman–Crippen LogP) is 4.14. The van der Waals surface area contributed by atoms with Crippen LogP contribution in [0.1, 0.15) is 33.0 Å². The zero-order chi connectivity index (χ0) is 24.1. The SMILES string of the molecule is CN(C)C(=O)c1cccc(N(Cc2ccc3ccccc3c2)C(=O)CC(=O)c2ncccn2)c1. The molecule has 0 bridgehead atoms. The first kappa shape index (κ1) is 22.8. The number of carbonyl (C=O) groups excluding carboxylic acids is 3. The van der Waals surface area contributed by atoms with Crippen molar-refractivity contribution in [3.8, 4) is 0 Å². The van der Waals surface area contributed by atoms with E-state index in [-0.39, 0.29) is 24.7 Å². The van der Waals surface area contributed by atoms with Crippen molar-refractivity contribution in [2.45, 2.75) is 13.0 Å². The van der Waals surface area contributed by atoms with Gasteiger partial charge in [0, 0.05) is 37.7 Å². The second-order valence-corrected chi connectivity index (χ2v) is 8.08. The third-order valence-electron chi connectivity index (χ3n) is 5.39. The van der Waals surface area contributed by atoms with Crippen LogP contribution in [-0.4, -0.2) is 46.6 Å². The molecule has 0 radical (unpaired) electrons. The normalized spacial score (nSPS) is 10.6. The molecule has 2 amide bonds. The summed E-state index contributed by atoms with van der Waals surface area (Å²) in [4.78, 5) is 49.4. The molecule has 4 rings (SSSR count). The molecular weight excluding hydrogens is 428 g/mol. The van der Waals surface area contributed by atoms with E-state index in [4.69, 9.17) is 0 Å². The monoisotopic (exact) mass is 452 g/mol. The number of Topliss-reactive ketones (excluding diaryl/α,β-unsaturated/α-hetero) is 1. The van der Waals surface area contributed by atoms with Crippen LogP contribution in [0, 0.1) is 0 Å². The van der Waals surface area contributed by atoms with E-state index in [9.17, 15) is 14.4 Å². The molecule has 0 aliphatic carbocycles. The number of rotatable bonds is 7. The fraction of sp³-hybridized carbons (Fsp3) is 0.148. The molecule has 1 aromatic heterocycles. The van der Waals surface area contributed by atoms with Crippen LogP contribution in [0.4, 0.5) is 5.69 Å². The average molecular weight is 453 g/mol. The third kappa shape index (κ3) is 5.15. The van der Waals surface area contributed by atoms with Gasteiger partial charge < -0.3 is 9.80 Å². The molecule has 170 valence electrons. The lowest BCUT2D eigenvalue weighted by Crippen LogP contribution is -2.32. The van der Waals surface area contributed by atoms with E-state index in [0.29, 0.717) is 11.3 Å². The van der Waals surface area contributed by atoms with Crippen LogP contribution in [0.15, 0.2) is 85.2 Å². The molecule has 0 saturated heterocycles. The molecule has 0 unspecified atom stereocenters. The lowest BCUT2D eigenvalue weighted by atomic mass is 10.1. The van der Waals surface area contributed by atoms with Gasteiger partial charge in [-0.3, -0.25) is 14.4 Å². The Kier molecular flexibility index (Phi) is 6.73. The predicted molar refractivity (Wildman–Crippen MR) is 131 cm³/mol. The molecule has 34 heavy (non-hydrogen) atoms. The molecule has 0 N–H and O–H groups in total. The number of nitrogens with zero attached hydrogens (tertiary/aromatic N) is 4. The van der Waals surface area contributed by atoms with E-state index < -0.39 is 11.7 Å². The van der Waals surface area contributed by atoms with Gasteiger partial charge in [0.1, 0.15) is 0 Å². The lowest BCUT2D eigenvalue weighted by Gasteiger charge is -2.24. The van der Waals surface area contributed by atoms with Crippen molar-refractivity contribution < 1.29 is 14.4 Å². The van der Waals surface area contributed by atoms with Crippen LogP contribution in [0.5, 0.6) is 0 Å². The van der Waals surface area contributed by atoms with Gasteiger partial charge in [0.15, 0.2) is 5.82 Å². The number of carbonyl (C=O) groups is 3. The zero-order valence-corrected chi connectivity index (χ0v) is 19.0. The van der Waals surface area contributed by atoms with Gasteiger partial charge in [-0.1, -0.05) is 42.5 Å². The van der Waals surface area contributed by atoms with Crippen molar-refractivity contribution in [1.29, 1.82) is 0 Å². The van der Waals surface area contributed by atoms with E-state index in [1.807, 2.05) is 42.5 Å². The maximum Gasteiger partial charge on any atom is 0.253 e. The maximum atomic E-state index is 13.4. The summed E-state index contributed by atoms with van der Waals surface area (Å²) in [7, 11) is 3.34. The van der Waals surface area contributed by atoms with Crippen molar-refractivity contribution in [2.75, 3.05) is 19.0 Å². The summed E-state index contributed by atoms with van der Waals surface area (Å²) in [5.41, 5.74) is 1.89. The van der Waals surface area contributed by atoms with E-state index >= 15 is 0 Å². The van der Waals surface area contributed by atoms with Crippen LogP contribution in [0.25, 0.3) is 10.8 Å². The Balaban J connectivity index is 1.68. The summed E-state index contributed by atoms with van der Waals surface area (Å²) in [5, 5.41) is 2.15. The third-order valence-corrected chi connectivity index (χ3v) is 5.39. The second-order valence-electron chi connectivity index (χ2n) is 8.08. The van der Waals surface area contributed by atoms with Crippen molar-refractivity contribution in [3.63, 3.8) is 0 Å². The summed E-state index contributed by atoms with van der Waals surface area (Å²) in [6, 6.07) is 22.4. The zero-order valence-electron chi connectivity index (χ0n) is 19.0. The van der Waals surface area contributed by atoms with Crippen molar-refractivity contribution in [3.05, 3.63) is 102 Å². The first-order chi connectivity index (χ1) is 16.4. The highest BCUT2D eigenvalue weighted by atomic mass is 16.2. The number of amides is 2. The standard InChI is InChI=1S/C27H24N4O3/c1-30(2)27(34)22-9-5-10-23(16-22)31(25(33)17-24(32)26-28-13-6-14-29-26)18-19-11-12-20-7-3-4-8-21(20)15-19/h3-16H,17-18H2,1-2H3. The van der Waals surface area contributed by atoms with Crippen LogP contribution >= 0.6 is 0 Å². The molecule has 7 nitrogen and oxygen atoms in total. The lowest BCUT2D eigenvalue weighted by molar-refractivity contribution is -0.117. The van der Waals surface area contributed by atoms with Crippen molar-refractivity contribution >= 4 is 34.1 Å². The smallest absolute Gasteiger partial charge is 0.253 e. The molecular formula is C27H24N4O3. The molecule has 1 heterocycles. The van der Waals surface area contributed by atoms with Gasteiger partial charge in [-0.25, -0.2) is 9.97 Å². The number of hydrogen-bond acceptors (Lipinski definition) is 5. The maximum absolute atomic E-state index is 13.4. The Morgan fingerprint density at radius 1 is 0.794 bits per heavy atom. The van der Waals surface area contributed by atoms with Crippen LogP contribution in [0.3, 0.4) is 0 Å². The van der Waals surface area contributed by atoms with E-state index in [1.54, 1.807) is 44.4 Å². The minimum Gasteiger partial charge on any atom is -0.345 e. The number of aromatic nitrogens is 2. The molecule has 4 aromatic rings. The van der Waals surface area contributed by atoms with E-state index in [0.717, 1.165) is 16.3 Å². The number of fused-ring (bicyclic) bond motifs is 1. The van der Waals surface area contributed by atoms with Gasteiger partial charge in [-0.15, -0.1) is 0 Å². The van der Waals surface area contributed by atoms with Crippen LogP contribution in [0.2, 0.25) is 0 Å². The molecule has 0 saturated carbocycles. The highest BCUT2D eigenvalue weighted by Gasteiger charge is 2.23. The molecule has 3 aromatic carbocycles. The van der Waals surface area contributed by atoms with Crippen molar-refractivity contribution in [2.24, 2.45) is 0 Å². The van der Waals surface area contributed by atoms with Gasteiger partial charge in [-0.05, 0) is 46.7 Å². The quantitative estimate of drug-likeness (QED) is 0.311. The van der Waals surface area contributed by atoms with E-state index in [1.165, 1.54) is 22.2 Å². The summed E-state index contributed by atoms with van der Waals surface area (Å²) >= 11 is 0. The number of ketones is 1. The van der Waals surface area contributed by atoms with Gasteiger partial charge in [0.05, 0.1) is 13.0 Å². The minimum absolute atomic E-state index is 0.00181. The first-order valence-corrected chi connectivity index (χ1v) is 10.8. The molecule has 0 fully saturated rings. The molecule has 0 atom stereocenters. The highest BCUT2D eigenvalue weighted by molar-refractivity contribution is 6.10. The Hall–Kier alpha value is -4.39. The summed E-state index contributed by atoms with van der Waals surface area (Å²) in [5.74, 6) is -1.04. The fourth-order valence-corrected chi connectivity index (χ4v) is 3.66. The molecule has 0 spiro atoms. The molecule has 7 heteroatoms. The van der Waals surface area contributed by atoms with Gasteiger partial charge in [0.25, 0.3) is 5.91 Å². The average Bonchev–Trinajstić information content (AvgIpc) is 2.87. The Labute approximate surface area is 197 Å². The van der Waals surface area contributed by atoms with Crippen molar-refractivity contribution in [1.82, 2.24) is 14.9 Å². The van der Waals surface area contributed by atoms with Crippen LogP contribution < -0.4 is 4.90 Å². The van der Waals surface area contributed by atoms with E-state index in [2.05, 4.69) is 9.97 Å². The number of anilines is 1. The number of hydrogen-bond donors (Lipinski definition) is 0. The topological polar surface area (TPSA) is 83.5 Å². The highest BCUT2D eigenvalue weighted by Crippen LogP contribution is 2.23. The van der Waals surface area contributed by atoms with Gasteiger partial charge >= 0.3 is 0 Å². The molecule has 0 aliphatic rings. The van der Waals surface area contributed by atoms with Gasteiger partial charge in [0.2, 0.25) is 11.7 Å². The first-order valence-electron chi connectivity index (χ1n) is 10.8. The Bertz CT molecular complexity index is 1350. The number of benzene rings is 3. The Morgan fingerprint density at radius 3 is 2.26 bits per heavy atom. The largest absolute Gasteiger partial charge is 0.345 e. The summed E-state index contributed by atoms with van der Waals surface area (Å²) < 4.78 is 0. The summed E-state index contributed by atoms with van der Waals surface area (Å²) in [6.45, 7) is 0.242.